The second-order valence-electron chi connectivity index (χ2n) is 6.52. The minimum Gasteiger partial charge on any atom is -0.497 e. The summed E-state index contributed by atoms with van der Waals surface area (Å²) in [6, 6.07) is 13.4. The van der Waals surface area contributed by atoms with Gasteiger partial charge >= 0.3 is 0 Å². The van der Waals surface area contributed by atoms with Crippen LogP contribution in [0.5, 0.6) is 5.75 Å². The maximum absolute atomic E-state index is 12.7. The number of rotatable bonds is 6. The molecule has 5 heteroatoms. The second-order valence-corrected chi connectivity index (χ2v) is 7.83. The maximum Gasteiger partial charge on any atom is 0.252 e. The molecule has 0 unspecified atom stereocenters. The summed E-state index contributed by atoms with van der Waals surface area (Å²) in [5, 5.41) is 14.1. The minimum absolute atomic E-state index is 0.143. The molecule has 0 saturated carbocycles. The van der Waals surface area contributed by atoms with E-state index in [1.807, 2.05) is 42.5 Å². The first-order chi connectivity index (χ1) is 12.6. The lowest BCUT2D eigenvalue weighted by Gasteiger charge is -2.35. The number of hydrogen-bond acceptors (Lipinski definition) is 4. The van der Waals surface area contributed by atoms with E-state index in [1.165, 1.54) is 0 Å². The highest BCUT2D eigenvalue weighted by atomic mass is 32.2. The smallest absolute Gasteiger partial charge is 0.252 e. The first-order valence-electron chi connectivity index (χ1n) is 8.97. The van der Waals surface area contributed by atoms with Gasteiger partial charge < -0.3 is 15.2 Å². The molecular weight excluding hydrogens is 346 g/mol. The van der Waals surface area contributed by atoms with Crippen molar-refractivity contribution in [3.05, 3.63) is 59.2 Å². The van der Waals surface area contributed by atoms with Gasteiger partial charge in [-0.1, -0.05) is 25.1 Å². The van der Waals surface area contributed by atoms with E-state index in [1.54, 1.807) is 18.9 Å². The molecule has 0 spiro atoms. The lowest BCUT2D eigenvalue weighted by atomic mass is 9.79. The van der Waals surface area contributed by atoms with Gasteiger partial charge in [0, 0.05) is 4.90 Å². The maximum atomic E-state index is 12.7. The molecule has 2 N–H and O–H groups in total. The Balaban J connectivity index is 1.77. The van der Waals surface area contributed by atoms with Gasteiger partial charge in [-0.05, 0) is 60.4 Å². The fourth-order valence-electron chi connectivity index (χ4n) is 3.50. The lowest BCUT2D eigenvalue weighted by Crippen LogP contribution is -2.43. The Morgan fingerprint density at radius 2 is 2.12 bits per heavy atom. The van der Waals surface area contributed by atoms with Crippen molar-refractivity contribution in [1.82, 2.24) is 5.32 Å². The van der Waals surface area contributed by atoms with Gasteiger partial charge in [0.05, 0.1) is 19.2 Å². The van der Waals surface area contributed by atoms with Crippen LogP contribution in [-0.4, -0.2) is 30.4 Å². The zero-order valence-corrected chi connectivity index (χ0v) is 16.1. The molecule has 1 aliphatic rings. The van der Waals surface area contributed by atoms with Crippen molar-refractivity contribution in [3.8, 4) is 5.75 Å². The van der Waals surface area contributed by atoms with Gasteiger partial charge in [-0.3, -0.25) is 4.79 Å². The van der Waals surface area contributed by atoms with E-state index in [0.29, 0.717) is 12.0 Å². The van der Waals surface area contributed by atoms with Crippen LogP contribution in [0.4, 0.5) is 0 Å². The molecule has 2 aromatic rings. The van der Waals surface area contributed by atoms with Gasteiger partial charge in [-0.25, -0.2) is 0 Å². The third kappa shape index (κ3) is 3.89. The second kappa shape index (κ2) is 8.14. The standard InChI is InChI=1S/C21H25NO3S/c1-3-26-19-9-5-4-8-17(19)20(23)22-14-21(24)12-6-7-15-13-16(25-2)10-11-18(15)21/h4-5,8-11,13,24H,3,6-7,12,14H2,1-2H3,(H,22,23)/t21-/m1/s1. The third-order valence-corrected chi connectivity index (χ3v) is 5.78. The van der Waals surface area contributed by atoms with E-state index in [0.717, 1.165) is 40.4 Å². The summed E-state index contributed by atoms with van der Waals surface area (Å²) >= 11 is 1.65. The van der Waals surface area contributed by atoms with Crippen molar-refractivity contribution < 1.29 is 14.6 Å². The number of methoxy groups -OCH3 is 1. The van der Waals surface area contributed by atoms with Crippen LogP contribution in [0.1, 0.15) is 41.3 Å². The Morgan fingerprint density at radius 3 is 2.88 bits per heavy atom. The molecule has 0 saturated heterocycles. The number of thioether (sulfide) groups is 1. The molecule has 26 heavy (non-hydrogen) atoms. The predicted molar refractivity (Wildman–Crippen MR) is 105 cm³/mol. The molecule has 0 heterocycles. The summed E-state index contributed by atoms with van der Waals surface area (Å²) in [6.07, 6.45) is 2.44. The first kappa shape index (κ1) is 18.8. The number of amides is 1. The molecule has 0 aromatic heterocycles. The van der Waals surface area contributed by atoms with Crippen LogP contribution in [0.15, 0.2) is 47.4 Å². The third-order valence-electron chi connectivity index (χ3n) is 4.82. The molecule has 138 valence electrons. The van der Waals surface area contributed by atoms with Gasteiger partial charge in [0.15, 0.2) is 0 Å². The van der Waals surface area contributed by atoms with E-state index < -0.39 is 5.60 Å². The topological polar surface area (TPSA) is 58.6 Å². The Kier molecular flexibility index (Phi) is 5.89. The number of fused-ring (bicyclic) bond motifs is 1. The van der Waals surface area contributed by atoms with Crippen LogP contribution in [0.2, 0.25) is 0 Å². The predicted octanol–water partition coefficient (Wildman–Crippen LogP) is 3.76. The molecular formula is C21H25NO3S. The van der Waals surface area contributed by atoms with Crippen LogP contribution >= 0.6 is 11.8 Å². The zero-order valence-electron chi connectivity index (χ0n) is 15.2. The SMILES string of the molecule is CCSc1ccccc1C(=O)NC[C@]1(O)CCCc2cc(OC)ccc21. The van der Waals surface area contributed by atoms with Gasteiger partial charge in [0.2, 0.25) is 0 Å². The van der Waals surface area contributed by atoms with E-state index >= 15 is 0 Å². The molecule has 3 rings (SSSR count). The van der Waals surface area contributed by atoms with E-state index in [2.05, 4.69) is 12.2 Å². The van der Waals surface area contributed by atoms with Gasteiger partial charge in [0.25, 0.3) is 5.91 Å². The fraction of sp³-hybridized carbons (Fsp3) is 0.381. The summed E-state index contributed by atoms with van der Waals surface area (Å²) in [5.41, 5.74) is 1.60. The van der Waals surface area contributed by atoms with Crippen molar-refractivity contribution in [2.45, 2.75) is 36.7 Å². The molecule has 1 amide bonds. The zero-order chi connectivity index (χ0) is 18.6. The number of carbonyl (C=O) groups excluding carboxylic acids is 1. The summed E-state index contributed by atoms with van der Waals surface area (Å²) < 4.78 is 5.29. The molecule has 4 nitrogen and oxygen atoms in total. The van der Waals surface area contributed by atoms with Gasteiger partial charge in [-0.15, -0.1) is 11.8 Å². The summed E-state index contributed by atoms with van der Waals surface area (Å²) in [4.78, 5) is 13.6. The quantitative estimate of drug-likeness (QED) is 0.759. The van der Waals surface area contributed by atoms with Crippen molar-refractivity contribution in [3.63, 3.8) is 0 Å². The number of aryl methyl sites for hydroxylation is 1. The molecule has 0 bridgehead atoms. The molecule has 1 aliphatic carbocycles. The number of hydrogen-bond donors (Lipinski definition) is 2. The molecule has 1 atom stereocenters. The Labute approximate surface area is 159 Å². The number of nitrogens with one attached hydrogen (secondary N) is 1. The largest absolute Gasteiger partial charge is 0.497 e. The van der Waals surface area contributed by atoms with E-state index in [9.17, 15) is 9.90 Å². The number of benzene rings is 2. The van der Waals surface area contributed by atoms with Gasteiger partial charge in [-0.2, -0.15) is 0 Å². The Morgan fingerprint density at radius 1 is 1.31 bits per heavy atom. The number of ether oxygens (including phenoxy) is 1. The monoisotopic (exact) mass is 371 g/mol. The van der Waals surface area contributed by atoms with Gasteiger partial charge in [0.1, 0.15) is 11.4 Å². The number of aliphatic hydroxyl groups is 1. The Bertz CT molecular complexity index is 793. The van der Waals surface area contributed by atoms with Crippen LogP contribution in [0.3, 0.4) is 0 Å². The average molecular weight is 372 g/mol. The van der Waals surface area contributed by atoms with Crippen LogP contribution in [0, 0.1) is 0 Å². The lowest BCUT2D eigenvalue weighted by molar-refractivity contribution is 0.0188. The van der Waals surface area contributed by atoms with Crippen molar-refractivity contribution in [2.24, 2.45) is 0 Å². The Hall–Kier alpha value is -1.98. The van der Waals surface area contributed by atoms with Crippen molar-refractivity contribution in [2.75, 3.05) is 19.4 Å². The highest BCUT2D eigenvalue weighted by molar-refractivity contribution is 7.99. The van der Waals surface area contributed by atoms with E-state index in [4.69, 9.17) is 4.74 Å². The van der Waals surface area contributed by atoms with Crippen LogP contribution < -0.4 is 10.1 Å². The highest BCUT2D eigenvalue weighted by Gasteiger charge is 2.35. The van der Waals surface area contributed by atoms with Crippen molar-refractivity contribution in [1.29, 1.82) is 0 Å². The van der Waals surface area contributed by atoms with Crippen LogP contribution in [-0.2, 0) is 12.0 Å². The van der Waals surface area contributed by atoms with Crippen molar-refractivity contribution >= 4 is 17.7 Å². The van der Waals surface area contributed by atoms with Crippen LogP contribution in [0.25, 0.3) is 0 Å². The summed E-state index contributed by atoms with van der Waals surface area (Å²) in [5.74, 6) is 1.56. The first-order valence-corrected chi connectivity index (χ1v) is 9.96. The molecule has 2 aromatic carbocycles. The number of carbonyl (C=O) groups is 1. The average Bonchev–Trinajstić information content (AvgIpc) is 2.67. The minimum atomic E-state index is -1.04. The molecule has 0 radical (unpaired) electrons. The summed E-state index contributed by atoms with van der Waals surface area (Å²) in [7, 11) is 1.64. The summed E-state index contributed by atoms with van der Waals surface area (Å²) in [6.45, 7) is 2.27. The fourth-order valence-corrected chi connectivity index (χ4v) is 4.31. The molecule has 0 aliphatic heterocycles. The molecule has 0 fully saturated rings. The van der Waals surface area contributed by atoms with E-state index in [-0.39, 0.29) is 12.5 Å². The highest BCUT2D eigenvalue weighted by Crippen LogP contribution is 2.36. The normalized spacial score (nSPS) is 18.9.